The minimum atomic E-state index is 0.149. The molecule has 20 heavy (non-hydrogen) atoms. The Morgan fingerprint density at radius 2 is 1.80 bits per heavy atom. The summed E-state index contributed by atoms with van der Waals surface area (Å²) < 4.78 is 5.83. The lowest BCUT2D eigenvalue weighted by Gasteiger charge is -2.20. The molecule has 2 heteroatoms. The Morgan fingerprint density at radius 3 is 2.50 bits per heavy atom. The van der Waals surface area contributed by atoms with Gasteiger partial charge in [0, 0.05) is 12.1 Å². The van der Waals surface area contributed by atoms with Gasteiger partial charge in [0.15, 0.2) is 0 Å². The summed E-state index contributed by atoms with van der Waals surface area (Å²) in [6.07, 6.45) is 6.40. The second kappa shape index (κ2) is 9.02. The monoisotopic (exact) mass is 277 g/mol. The van der Waals surface area contributed by atoms with Crippen molar-refractivity contribution in [1.82, 2.24) is 5.32 Å². The molecule has 1 rings (SSSR count). The van der Waals surface area contributed by atoms with E-state index in [1.807, 2.05) is 6.07 Å². The van der Waals surface area contributed by atoms with Gasteiger partial charge in [0.1, 0.15) is 5.75 Å². The van der Waals surface area contributed by atoms with Crippen molar-refractivity contribution in [2.75, 3.05) is 6.61 Å². The van der Waals surface area contributed by atoms with E-state index in [2.05, 4.69) is 51.2 Å². The SMILES string of the molecule is CCCCCCCOc1cccc(CNC(C)(C)C)c1. The molecule has 114 valence electrons. The van der Waals surface area contributed by atoms with Crippen LogP contribution >= 0.6 is 0 Å². The Morgan fingerprint density at radius 1 is 1.05 bits per heavy atom. The van der Waals surface area contributed by atoms with Crippen LogP contribution < -0.4 is 10.1 Å². The molecule has 2 nitrogen and oxygen atoms in total. The van der Waals surface area contributed by atoms with E-state index >= 15 is 0 Å². The summed E-state index contributed by atoms with van der Waals surface area (Å²) in [5, 5.41) is 3.50. The standard InChI is InChI=1S/C18H31NO/c1-5-6-7-8-9-13-20-17-12-10-11-16(14-17)15-19-18(2,3)4/h10-12,14,19H,5-9,13,15H2,1-4H3. The molecule has 0 aromatic heterocycles. The lowest BCUT2D eigenvalue weighted by molar-refractivity contribution is 0.304. The van der Waals surface area contributed by atoms with Crippen molar-refractivity contribution in [3.63, 3.8) is 0 Å². The van der Waals surface area contributed by atoms with Gasteiger partial charge in [0.05, 0.1) is 6.61 Å². The third kappa shape index (κ3) is 8.21. The van der Waals surface area contributed by atoms with Crippen LogP contribution in [0.5, 0.6) is 5.75 Å². The highest BCUT2D eigenvalue weighted by atomic mass is 16.5. The van der Waals surface area contributed by atoms with Gasteiger partial charge < -0.3 is 10.1 Å². The normalized spacial score (nSPS) is 11.6. The van der Waals surface area contributed by atoms with E-state index in [0.29, 0.717) is 0 Å². The summed E-state index contributed by atoms with van der Waals surface area (Å²) in [6.45, 7) is 10.5. The number of benzene rings is 1. The molecule has 0 radical (unpaired) electrons. The second-order valence-electron chi connectivity index (χ2n) is 6.51. The fourth-order valence-electron chi connectivity index (χ4n) is 2.01. The summed E-state index contributed by atoms with van der Waals surface area (Å²) in [6, 6.07) is 8.41. The van der Waals surface area contributed by atoms with E-state index in [9.17, 15) is 0 Å². The van der Waals surface area contributed by atoms with E-state index in [1.54, 1.807) is 0 Å². The Kier molecular flexibility index (Phi) is 7.68. The van der Waals surface area contributed by atoms with Crippen LogP contribution in [0, 0.1) is 0 Å². The fourth-order valence-corrected chi connectivity index (χ4v) is 2.01. The maximum atomic E-state index is 5.83. The highest BCUT2D eigenvalue weighted by Gasteiger charge is 2.08. The highest BCUT2D eigenvalue weighted by molar-refractivity contribution is 5.28. The molecular formula is C18H31NO. The van der Waals surface area contributed by atoms with Crippen molar-refractivity contribution >= 4 is 0 Å². The zero-order valence-corrected chi connectivity index (χ0v) is 13.7. The second-order valence-corrected chi connectivity index (χ2v) is 6.51. The summed E-state index contributed by atoms with van der Waals surface area (Å²) in [5.41, 5.74) is 1.43. The summed E-state index contributed by atoms with van der Waals surface area (Å²) in [7, 11) is 0. The van der Waals surface area contributed by atoms with E-state index in [-0.39, 0.29) is 5.54 Å². The quantitative estimate of drug-likeness (QED) is 0.647. The molecule has 0 aliphatic heterocycles. The first-order valence-electron chi connectivity index (χ1n) is 7.98. The zero-order chi connectivity index (χ0) is 14.8. The maximum Gasteiger partial charge on any atom is 0.119 e. The molecule has 1 aromatic rings. The summed E-state index contributed by atoms with van der Waals surface area (Å²) >= 11 is 0. The number of ether oxygens (including phenoxy) is 1. The Bertz CT molecular complexity index is 368. The number of nitrogens with one attached hydrogen (secondary N) is 1. The first kappa shape index (κ1) is 17.0. The molecule has 0 saturated carbocycles. The zero-order valence-electron chi connectivity index (χ0n) is 13.7. The van der Waals surface area contributed by atoms with Crippen LogP contribution in [0.15, 0.2) is 24.3 Å². The molecule has 0 amide bonds. The predicted molar refractivity (Wildman–Crippen MR) is 87.3 cm³/mol. The van der Waals surface area contributed by atoms with Crippen LogP contribution in [-0.4, -0.2) is 12.1 Å². The van der Waals surface area contributed by atoms with E-state index in [4.69, 9.17) is 4.74 Å². The van der Waals surface area contributed by atoms with Crippen molar-refractivity contribution in [3.8, 4) is 5.75 Å². The molecule has 0 aliphatic rings. The smallest absolute Gasteiger partial charge is 0.119 e. The molecule has 0 bridgehead atoms. The Hall–Kier alpha value is -1.02. The van der Waals surface area contributed by atoms with Gasteiger partial charge >= 0.3 is 0 Å². The maximum absolute atomic E-state index is 5.83. The van der Waals surface area contributed by atoms with Crippen LogP contribution in [-0.2, 0) is 6.54 Å². The van der Waals surface area contributed by atoms with Gasteiger partial charge in [0.2, 0.25) is 0 Å². The van der Waals surface area contributed by atoms with Crippen molar-refractivity contribution in [1.29, 1.82) is 0 Å². The van der Waals surface area contributed by atoms with Gasteiger partial charge in [-0.05, 0) is 44.9 Å². The number of hydrogen-bond acceptors (Lipinski definition) is 2. The van der Waals surface area contributed by atoms with E-state index in [0.717, 1.165) is 25.3 Å². The average Bonchev–Trinajstić information content (AvgIpc) is 2.40. The molecule has 1 aromatic carbocycles. The largest absolute Gasteiger partial charge is 0.494 e. The lowest BCUT2D eigenvalue weighted by Crippen LogP contribution is -2.35. The lowest BCUT2D eigenvalue weighted by atomic mass is 10.1. The van der Waals surface area contributed by atoms with E-state index < -0.39 is 0 Å². The van der Waals surface area contributed by atoms with E-state index in [1.165, 1.54) is 31.2 Å². The van der Waals surface area contributed by atoms with Gasteiger partial charge in [0.25, 0.3) is 0 Å². The molecular weight excluding hydrogens is 246 g/mol. The van der Waals surface area contributed by atoms with Crippen LogP contribution in [0.25, 0.3) is 0 Å². The molecule has 0 saturated heterocycles. The molecule has 0 atom stereocenters. The van der Waals surface area contributed by atoms with Crippen LogP contribution in [0.1, 0.15) is 65.4 Å². The first-order valence-corrected chi connectivity index (χ1v) is 7.98. The number of hydrogen-bond donors (Lipinski definition) is 1. The molecule has 0 fully saturated rings. The first-order chi connectivity index (χ1) is 9.51. The Balaban J connectivity index is 2.29. The van der Waals surface area contributed by atoms with Gasteiger partial charge in [-0.3, -0.25) is 0 Å². The molecule has 0 heterocycles. The number of rotatable bonds is 9. The fraction of sp³-hybridized carbons (Fsp3) is 0.667. The molecule has 1 N–H and O–H groups in total. The van der Waals surface area contributed by atoms with Crippen LogP contribution in [0.4, 0.5) is 0 Å². The van der Waals surface area contributed by atoms with Crippen LogP contribution in [0.2, 0.25) is 0 Å². The average molecular weight is 277 g/mol. The highest BCUT2D eigenvalue weighted by Crippen LogP contribution is 2.15. The van der Waals surface area contributed by atoms with Gasteiger partial charge in [-0.15, -0.1) is 0 Å². The Labute approximate surface area is 124 Å². The molecule has 0 unspecified atom stereocenters. The minimum absolute atomic E-state index is 0.149. The summed E-state index contributed by atoms with van der Waals surface area (Å²) in [5.74, 6) is 0.994. The van der Waals surface area contributed by atoms with Crippen molar-refractivity contribution in [2.45, 2.75) is 71.9 Å². The summed E-state index contributed by atoms with van der Waals surface area (Å²) in [4.78, 5) is 0. The van der Waals surface area contributed by atoms with Gasteiger partial charge in [-0.2, -0.15) is 0 Å². The third-order valence-electron chi connectivity index (χ3n) is 3.24. The third-order valence-corrected chi connectivity index (χ3v) is 3.24. The van der Waals surface area contributed by atoms with Crippen molar-refractivity contribution < 1.29 is 4.74 Å². The van der Waals surface area contributed by atoms with Gasteiger partial charge in [-0.1, -0.05) is 44.7 Å². The number of unbranched alkanes of at least 4 members (excludes halogenated alkanes) is 4. The molecule has 0 aliphatic carbocycles. The predicted octanol–water partition coefficient (Wildman–Crippen LogP) is 4.92. The van der Waals surface area contributed by atoms with Gasteiger partial charge in [-0.25, -0.2) is 0 Å². The molecule has 0 spiro atoms. The minimum Gasteiger partial charge on any atom is -0.494 e. The van der Waals surface area contributed by atoms with Crippen molar-refractivity contribution in [2.24, 2.45) is 0 Å². The van der Waals surface area contributed by atoms with Crippen LogP contribution in [0.3, 0.4) is 0 Å². The topological polar surface area (TPSA) is 21.3 Å². The van der Waals surface area contributed by atoms with Crippen molar-refractivity contribution in [3.05, 3.63) is 29.8 Å².